The van der Waals surface area contributed by atoms with E-state index in [2.05, 4.69) is 9.97 Å². The fraction of sp³-hybridized carbons (Fsp3) is 0.143. The standard InChI is InChI=1S/C7H7N3O/c1-4-10-6-5(8)2-3-9-7(6)11-4/h2-3H,1H3,(H2,8,9). The van der Waals surface area contributed by atoms with Crippen molar-refractivity contribution in [3.05, 3.63) is 18.2 Å². The Balaban J connectivity index is 2.90. The minimum absolute atomic E-state index is 0.502. The Bertz CT molecular complexity index is 393. The van der Waals surface area contributed by atoms with E-state index < -0.39 is 0 Å². The van der Waals surface area contributed by atoms with Crippen molar-refractivity contribution in [2.45, 2.75) is 6.92 Å². The van der Waals surface area contributed by atoms with Gasteiger partial charge < -0.3 is 10.2 Å². The molecule has 0 saturated heterocycles. The summed E-state index contributed by atoms with van der Waals surface area (Å²) in [6.07, 6.45) is 1.60. The number of nitrogens with two attached hydrogens (primary N) is 1. The molecule has 0 saturated carbocycles. The summed E-state index contributed by atoms with van der Waals surface area (Å²) in [4.78, 5) is 8.01. The molecule has 11 heavy (non-hydrogen) atoms. The van der Waals surface area contributed by atoms with Crippen LogP contribution in [0.1, 0.15) is 5.89 Å². The summed E-state index contributed by atoms with van der Waals surface area (Å²) in [6.45, 7) is 1.76. The molecule has 4 heteroatoms. The molecule has 0 aliphatic rings. The van der Waals surface area contributed by atoms with E-state index in [1.165, 1.54) is 0 Å². The van der Waals surface area contributed by atoms with Crippen LogP contribution in [-0.4, -0.2) is 9.97 Å². The Morgan fingerprint density at radius 3 is 3.09 bits per heavy atom. The van der Waals surface area contributed by atoms with Gasteiger partial charge in [-0.3, -0.25) is 0 Å². The molecule has 0 unspecified atom stereocenters. The molecular formula is C7H7N3O. The normalized spacial score (nSPS) is 10.6. The lowest BCUT2D eigenvalue weighted by atomic mass is 10.4. The number of pyridine rings is 1. The van der Waals surface area contributed by atoms with E-state index in [4.69, 9.17) is 10.2 Å². The number of aromatic nitrogens is 2. The highest BCUT2D eigenvalue weighted by atomic mass is 16.4. The second-order valence-corrected chi connectivity index (χ2v) is 2.29. The van der Waals surface area contributed by atoms with Crippen LogP contribution in [0.15, 0.2) is 16.7 Å². The first-order chi connectivity index (χ1) is 5.27. The Hall–Kier alpha value is -1.58. The van der Waals surface area contributed by atoms with Gasteiger partial charge in [-0.1, -0.05) is 0 Å². The van der Waals surface area contributed by atoms with Crippen LogP contribution in [0.3, 0.4) is 0 Å². The highest BCUT2D eigenvalue weighted by Crippen LogP contribution is 2.17. The molecule has 0 aromatic carbocycles. The quantitative estimate of drug-likeness (QED) is 0.609. The summed E-state index contributed by atoms with van der Waals surface area (Å²) in [6, 6.07) is 1.70. The van der Waals surface area contributed by atoms with Gasteiger partial charge in [-0.05, 0) is 6.07 Å². The van der Waals surface area contributed by atoms with Crippen molar-refractivity contribution in [1.82, 2.24) is 9.97 Å². The first-order valence-electron chi connectivity index (χ1n) is 3.25. The van der Waals surface area contributed by atoms with Gasteiger partial charge >= 0.3 is 0 Å². The second kappa shape index (κ2) is 1.95. The van der Waals surface area contributed by atoms with E-state index >= 15 is 0 Å². The highest BCUT2D eigenvalue weighted by molar-refractivity contribution is 5.81. The number of nitrogen functional groups attached to an aromatic ring is 1. The maximum atomic E-state index is 5.61. The van der Waals surface area contributed by atoms with Crippen molar-refractivity contribution in [3.63, 3.8) is 0 Å². The molecular weight excluding hydrogens is 142 g/mol. The summed E-state index contributed by atoms with van der Waals surface area (Å²) in [7, 11) is 0. The van der Waals surface area contributed by atoms with Crippen LogP contribution in [0.25, 0.3) is 11.2 Å². The molecule has 0 radical (unpaired) electrons. The summed E-state index contributed by atoms with van der Waals surface area (Å²) in [5, 5.41) is 0. The number of aryl methyl sites for hydroxylation is 1. The van der Waals surface area contributed by atoms with Crippen molar-refractivity contribution in [2.24, 2.45) is 0 Å². The van der Waals surface area contributed by atoms with E-state index in [1.54, 1.807) is 19.2 Å². The largest absolute Gasteiger partial charge is 0.423 e. The zero-order chi connectivity index (χ0) is 7.84. The van der Waals surface area contributed by atoms with Crippen molar-refractivity contribution in [1.29, 1.82) is 0 Å². The Morgan fingerprint density at radius 1 is 1.55 bits per heavy atom. The smallest absolute Gasteiger partial charge is 0.249 e. The maximum absolute atomic E-state index is 5.61. The molecule has 4 nitrogen and oxygen atoms in total. The summed E-state index contributed by atoms with van der Waals surface area (Å²) < 4.78 is 5.15. The van der Waals surface area contributed by atoms with Crippen molar-refractivity contribution >= 4 is 16.9 Å². The van der Waals surface area contributed by atoms with E-state index in [0.717, 1.165) is 0 Å². The van der Waals surface area contributed by atoms with Crippen LogP contribution in [-0.2, 0) is 0 Å². The zero-order valence-electron chi connectivity index (χ0n) is 6.03. The molecule has 0 amide bonds. The van der Waals surface area contributed by atoms with Gasteiger partial charge in [0.05, 0.1) is 5.69 Å². The van der Waals surface area contributed by atoms with Crippen LogP contribution in [0, 0.1) is 6.92 Å². The number of hydrogen-bond donors (Lipinski definition) is 1. The third kappa shape index (κ3) is 0.832. The molecule has 0 spiro atoms. The van der Waals surface area contributed by atoms with E-state index in [1.807, 2.05) is 0 Å². The molecule has 0 fully saturated rings. The molecule has 0 aliphatic carbocycles. The minimum atomic E-state index is 0.502. The average Bonchev–Trinajstić information content (AvgIpc) is 2.31. The van der Waals surface area contributed by atoms with Crippen LogP contribution in [0.4, 0.5) is 5.69 Å². The van der Waals surface area contributed by atoms with Gasteiger partial charge in [-0.25, -0.2) is 9.97 Å². The van der Waals surface area contributed by atoms with Crippen LogP contribution in [0.2, 0.25) is 0 Å². The fourth-order valence-electron chi connectivity index (χ4n) is 0.956. The number of fused-ring (bicyclic) bond motifs is 1. The first-order valence-corrected chi connectivity index (χ1v) is 3.25. The van der Waals surface area contributed by atoms with Gasteiger partial charge in [0.15, 0.2) is 11.4 Å². The number of anilines is 1. The fourth-order valence-corrected chi connectivity index (χ4v) is 0.956. The van der Waals surface area contributed by atoms with Gasteiger partial charge in [0.2, 0.25) is 5.71 Å². The Kier molecular flexibility index (Phi) is 1.09. The lowest BCUT2D eigenvalue weighted by Crippen LogP contribution is -1.86. The van der Waals surface area contributed by atoms with Crippen molar-refractivity contribution in [3.8, 4) is 0 Å². The molecule has 56 valence electrons. The lowest BCUT2D eigenvalue weighted by Gasteiger charge is -1.88. The maximum Gasteiger partial charge on any atom is 0.249 e. The number of rotatable bonds is 0. The SMILES string of the molecule is Cc1nc2c(N)ccnc2o1. The molecule has 2 N–H and O–H groups in total. The monoisotopic (exact) mass is 149 g/mol. The molecule has 2 rings (SSSR count). The molecule has 0 aliphatic heterocycles. The van der Waals surface area contributed by atoms with Gasteiger partial charge in [-0.15, -0.1) is 0 Å². The number of oxazole rings is 1. The third-order valence-corrected chi connectivity index (χ3v) is 1.44. The molecule has 0 atom stereocenters. The molecule has 0 bridgehead atoms. The van der Waals surface area contributed by atoms with Crippen molar-refractivity contribution < 1.29 is 4.42 Å². The number of nitrogens with zero attached hydrogens (tertiary/aromatic N) is 2. The minimum Gasteiger partial charge on any atom is -0.423 e. The second-order valence-electron chi connectivity index (χ2n) is 2.29. The van der Waals surface area contributed by atoms with Gasteiger partial charge in [0.25, 0.3) is 0 Å². The van der Waals surface area contributed by atoms with Crippen LogP contribution in [0.5, 0.6) is 0 Å². The van der Waals surface area contributed by atoms with E-state index in [0.29, 0.717) is 22.8 Å². The zero-order valence-corrected chi connectivity index (χ0v) is 6.03. The van der Waals surface area contributed by atoms with E-state index in [-0.39, 0.29) is 0 Å². The predicted molar refractivity (Wildman–Crippen MR) is 41.0 cm³/mol. The first kappa shape index (κ1) is 6.15. The molecule has 2 aromatic rings. The third-order valence-electron chi connectivity index (χ3n) is 1.44. The van der Waals surface area contributed by atoms with Crippen molar-refractivity contribution in [2.75, 3.05) is 5.73 Å². The predicted octanol–water partition coefficient (Wildman–Crippen LogP) is 1.11. The van der Waals surface area contributed by atoms with Gasteiger partial charge in [0, 0.05) is 13.1 Å². The summed E-state index contributed by atoms with van der Waals surface area (Å²) >= 11 is 0. The Labute approximate surface area is 63.1 Å². The molecule has 2 aromatic heterocycles. The lowest BCUT2D eigenvalue weighted by molar-refractivity contribution is 0.551. The highest BCUT2D eigenvalue weighted by Gasteiger charge is 2.04. The van der Waals surface area contributed by atoms with E-state index in [9.17, 15) is 0 Å². The van der Waals surface area contributed by atoms with Crippen LogP contribution >= 0.6 is 0 Å². The average molecular weight is 149 g/mol. The van der Waals surface area contributed by atoms with Crippen LogP contribution < -0.4 is 5.73 Å². The summed E-state index contributed by atoms with van der Waals surface area (Å²) in [5.74, 6) is 0.588. The van der Waals surface area contributed by atoms with Gasteiger partial charge in [0.1, 0.15) is 0 Å². The Morgan fingerprint density at radius 2 is 2.36 bits per heavy atom. The molecule has 2 heterocycles. The van der Waals surface area contributed by atoms with Gasteiger partial charge in [-0.2, -0.15) is 0 Å². The summed E-state index contributed by atoms with van der Waals surface area (Å²) in [5.41, 5.74) is 7.36. The topological polar surface area (TPSA) is 64.9 Å². The number of hydrogen-bond acceptors (Lipinski definition) is 4.